The Morgan fingerprint density at radius 1 is 0.683 bits per heavy atom. The van der Waals surface area contributed by atoms with Gasteiger partial charge in [-0.1, -0.05) is 89.1 Å². The van der Waals surface area contributed by atoms with Crippen LogP contribution in [0.1, 0.15) is 111 Å². The van der Waals surface area contributed by atoms with Crippen molar-refractivity contribution >= 4 is 82.3 Å². The molecule has 8 atom stereocenters. The molecule has 440 valence electrons. The number of hydrogen-bond donors (Lipinski definition) is 6. The maximum Gasteiger partial charge on any atom is 0.329 e. The molecule has 1 aliphatic carbocycles. The molecule has 3 aromatic rings. The molecule has 1 fully saturated rings. The fraction of sp³-hybridized carbons (Fsp3) is 0.483. The van der Waals surface area contributed by atoms with Crippen molar-refractivity contribution in [2.24, 2.45) is 11.8 Å². The van der Waals surface area contributed by atoms with Crippen molar-refractivity contribution < 1.29 is 67.6 Å². The molecule has 4 heterocycles. The van der Waals surface area contributed by atoms with Crippen LogP contribution in [-0.4, -0.2) is 189 Å². The molecule has 1 aromatic carbocycles. The van der Waals surface area contributed by atoms with Crippen LogP contribution in [0.2, 0.25) is 0 Å². The van der Waals surface area contributed by atoms with E-state index in [4.69, 9.17) is 9.47 Å². The van der Waals surface area contributed by atoms with Crippen molar-refractivity contribution in [3.63, 3.8) is 0 Å². The number of para-hydroxylation sites is 1. The van der Waals surface area contributed by atoms with E-state index >= 15 is 9.59 Å². The summed E-state index contributed by atoms with van der Waals surface area (Å²) in [7, 11) is 5.33. The van der Waals surface area contributed by atoms with Crippen LogP contribution in [0.5, 0.6) is 11.5 Å². The molecule has 6 N–H and O–H groups in total. The highest BCUT2D eigenvalue weighted by Gasteiger charge is 2.44. The molecule has 3 aliphatic rings. The van der Waals surface area contributed by atoms with E-state index in [1.807, 2.05) is 0 Å². The second-order valence-electron chi connectivity index (χ2n) is 20.8. The quantitative estimate of drug-likeness (QED) is 0.126. The zero-order valence-corrected chi connectivity index (χ0v) is 47.5. The number of rotatable bonds is 10. The predicted molar refractivity (Wildman–Crippen MR) is 300 cm³/mol. The molecule has 24 heteroatoms. The summed E-state index contributed by atoms with van der Waals surface area (Å²) in [5.74, 6) is -11.5. The van der Waals surface area contributed by atoms with Crippen molar-refractivity contribution in [2.45, 2.75) is 127 Å². The Kier molecular flexibility index (Phi) is 21.1. The summed E-state index contributed by atoms with van der Waals surface area (Å²) in [5.41, 5.74) is -0.155. The second kappa shape index (κ2) is 27.6. The lowest BCUT2D eigenvalue weighted by atomic mass is 9.92. The molecule has 6 rings (SSSR count). The maximum absolute atomic E-state index is 15.1. The number of carbonyl (C=O) groups is 10. The summed E-state index contributed by atoms with van der Waals surface area (Å²) < 4.78 is 11.7. The second-order valence-corrected chi connectivity index (χ2v) is 20.8. The molecule has 6 unspecified atom stereocenters. The van der Waals surface area contributed by atoms with Gasteiger partial charge in [-0.25, -0.2) is 19.6 Å². The number of benzene rings is 1. The molecule has 1 saturated carbocycles. The van der Waals surface area contributed by atoms with Crippen LogP contribution in [0.25, 0.3) is 23.1 Å². The number of hydrogen-bond acceptors (Lipinski definition) is 16. The molecule has 0 spiro atoms. The lowest BCUT2D eigenvalue weighted by Gasteiger charge is -2.38. The molecular formula is C58H74N10O14. The fourth-order valence-electron chi connectivity index (χ4n) is 10.7. The third kappa shape index (κ3) is 14.1. The van der Waals surface area contributed by atoms with Crippen molar-refractivity contribution in [3.8, 4) is 11.5 Å². The van der Waals surface area contributed by atoms with E-state index in [1.54, 1.807) is 38.1 Å². The van der Waals surface area contributed by atoms with Gasteiger partial charge in [0.1, 0.15) is 73.0 Å². The van der Waals surface area contributed by atoms with Gasteiger partial charge in [-0.3, -0.25) is 38.4 Å². The number of carbonyl (C=O) groups excluding carboxylic acids is 10. The minimum atomic E-state index is -1.77. The van der Waals surface area contributed by atoms with Crippen molar-refractivity contribution in [1.29, 1.82) is 0 Å². The zero-order chi connectivity index (χ0) is 60.3. The van der Waals surface area contributed by atoms with Crippen LogP contribution in [0.4, 0.5) is 0 Å². The lowest BCUT2D eigenvalue weighted by Crippen LogP contribution is -2.60. The highest BCUT2D eigenvalue weighted by atomic mass is 16.5. The van der Waals surface area contributed by atoms with E-state index in [2.05, 4.69) is 44.4 Å². The number of ether oxygens (including phenoxy) is 2. The molecule has 2 aromatic heterocycles. The van der Waals surface area contributed by atoms with E-state index in [0.717, 1.165) is 19.6 Å². The van der Waals surface area contributed by atoms with Crippen LogP contribution < -0.4 is 21.3 Å². The summed E-state index contributed by atoms with van der Waals surface area (Å²) in [6.45, 7) is 11.9. The number of nitrogens with one attached hydrogen (secondary N) is 4. The Labute approximate surface area is 475 Å². The fourth-order valence-corrected chi connectivity index (χ4v) is 10.7. The average Bonchev–Trinajstić information content (AvgIpc) is 4.10. The third-order valence-corrected chi connectivity index (χ3v) is 15.5. The van der Waals surface area contributed by atoms with Gasteiger partial charge in [-0.2, -0.15) is 0 Å². The van der Waals surface area contributed by atoms with Gasteiger partial charge in [-0.15, -0.1) is 0 Å². The first-order valence-corrected chi connectivity index (χ1v) is 27.3. The average molecular weight is 1140 g/mol. The van der Waals surface area contributed by atoms with Crippen LogP contribution in [0, 0.1) is 11.8 Å². The summed E-state index contributed by atoms with van der Waals surface area (Å²) in [6, 6.07) is -2.74. The Morgan fingerprint density at radius 2 is 1.17 bits per heavy atom. The van der Waals surface area contributed by atoms with E-state index in [-0.39, 0.29) is 18.5 Å². The predicted octanol–water partition coefficient (Wildman–Crippen LogP) is 2.62. The SMILES string of the molecule is C=Cc1cc(O)c(C(=O)NC2COC(=O)C(C3CCCC3)N(C)C(=O)[C@@H]3C/C=C\C[C@@H](C(=O)N(C)C(C(CC)CC)C(=O)OCC(NC(=O)c4nc5ccccc5cc4O)C(=O)NC(C)C(=O)N3C)N(C)C(=O)C(C)NC2=O)nc1C=C. The minimum Gasteiger partial charge on any atom is -0.505 e. The lowest BCUT2D eigenvalue weighted by molar-refractivity contribution is -0.161. The number of pyridine rings is 2. The summed E-state index contributed by atoms with van der Waals surface area (Å²) in [5, 5.41) is 32.4. The largest absolute Gasteiger partial charge is 0.505 e. The normalized spacial score (nSPS) is 25.0. The molecule has 24 nitrogen and oxygen atoms in total. The van der Waals surface area contributed by atoms with Gasteiger partial charge >= 0.3 is 11.9 Å². The highest BCUT2D eigenvalue weighted by molar-refractivity contribution is 6.02. The van der Waals surface area contributed by atoms with Crippen molar-refractivity contribution in [1.82, 2.24) is 50.8 Å². The molecule has 0 saturated heterocycles. The third-order valence-electron chi connectivity index (χ3n) is 15.5. The molecule has 82 heavy (non-hydrogen) atoms. The zero-order valence-electron chi connectivity index (χ0n) is 47.5. The number of cyclic esters (lactones) is 2. The topological polar surface area (TPSA) is 316 Å². The van der Waals surface area contributed by atoms with Gasteiger partial charge in [0, 0.05) is 39.1 Å². The van der Waals surface area contributed by atoms with Gasteiger partial charge in [0.2, 0.25) is 35.4 Å². The molecule has 8 amide bonds. The Morgan fingerprint density at radius 3 is 1.68 bits per heavy atom. The van der Waals surface area contributed by atoms with E-state index in [9.17, 15) is 48.6 Å². The van der Waals surface area contributed by atoms with Crippen LogP contribution in [0.15, 0.2) is 61.7 Å². The first kappa shape index (κ1) is 62.5. The number of amides is 8. The Hall–Kier alpha value is -8.70. The van der Waals surface area contributed by atoms with Crippen molar-refractivity contribution in [2.75, 3.05) is 41.4 Å². The number of nitrogens with zero attached hydrogens (tertiary/aromatic N) is 6. The van der Waals surface area contributed by atoms with Crippen LogP contribution >= 0.6 is 0 Å². The van der Waals surface area contributed by atoms with Crippen LogP contribution in [0.3, 0.4) is 0 Å². The minimum absolute atomic E-state index is 0.168. The van der Waals surface area contributed by atoms with Gasteiger partial charge < -0.3 is 60.6 Å². The number of likely N-dealkylation sites (N-methyl/N-ethyl adjacent to an activating group) is 4. The summed E-state index contributed by atoms with van der Waals surface area (Å²) in [6.07, 6.45) is 8.29. The standard InChI is InChI=1S/C58H74N10O14/c1-11-33(12-2)47-57(79)81-29-39(64-52(74)46-44(70)28-36-23-17-18-24-38(36)62-46)49(71)59-32(6)54(76)66(8)42-26-20-19-25-41(55(77)67(47)9)65(7)53(75)31(5)60-50(72)40(63-51(73)45-43(69)27-34(13-3)37(14-4)61-45)30-82-58(80)48(68(10)56(42)78)35-21-15-16-22-35/h13-14,17-20,23-24,27-28,31-33,35,39-42,47-48,69-70H,3-4,11-12,15-16,21-22,25-26,29-30H2,1-2,5-10H3,(H,59,71)(H,60,72)(H,63,73)(H,64,74)/b20-19-/t31?,32?,39?,40?,41-,42-,47?,48?/m0/s1. The van der Waals surface area contributed by atoms with Gasteiger partial charge in [-0.05, 0) is 75.6 Å². The number of aromatic hydroxyl groups is 2. The first-order chi connectivity index (χ1) is 39.0. The summed E-state index contributed by atoms with van der Waals surface area (Å²) in [4.78, 5) is 158. The summed E-state index contributed by atoms with van der Waals surface area (Å²) >= 11 is 0. The van der Waals surface area contributed by atoms with Crippen LogP contribution in [-0.2, 0) is 47.8 Å². The van der Waals surface area contributed by atoms with Gasteiger partial charge in [0.15, 0.2) is 11.4 Å². The molecule has 0 radical (unpaired) electrons. The maximum atomic E-state index is 15.1. The Bertz CT molecular complexity index is 3010. The number of aromatic nitrogens is 2. The number of esters is 2. The monoisotopic (exact) mass is 1130 g/mol. The van der Waals surface area contributed by atoms with E-state index < -0.39 is 155 Å². The highest BCUT2D eigenvalue weighted by Crippen LogP contribution is 2.32. The van der Waals surface area contributed by atoms with E-state index in [0.29, 0.717) is 55.0 Å². The molecule has 2 bridgehead atoms. The molecular weight excluding hydrogens is 1060 g/mol. The number of fused-ring (bicyclic) bond motifs is 5. The smallest absolute Gasteiger partial charge is 0.329 e. The van der Waals surface area contributed by atoms with Gasteiger partial charge in [0.25, 0.3) is 11.8 Å². The van der Waals surface area contributed by atoms with E-state index in [1.165, 1.54) is 78.5 Å². The van der Waals surface area contributed by atoms with Gasteiger partial charge in [0.05, 0.1) is 11.2 Å². The Balaban J connectivity index is 1.46. The molecule has 2 aliphatic heterocycles. The van der Waals surface area contributed by atoms with Crippen molar-refractivity contribution in [3.05, 3.63) is 84.4 Å². The first-order valence-electron chi connectivity index (χ1n) is 27.3.